The van der Waals surface area contributed by atoms with E-state index in [1.807, 2.05) is 30.3 Å². The van der Waals surface area contributed by atoms with Crippen molar-refractivity contribution in [3.05, 3.63) is 67.2 Å². The highest BCUT2D eigenvalue weighted by Crippen LogP contribution is 2.28. The van der Waals surface area contributed by atoms with Crippen LogP contribution in [0.25, 0.3) is 31.3 Å². The number of hydrogen-bond acceptors (Lipinski definition) is 6. The summed E-state index contributed by atoms with van der Waals surface area (Å²) in [7, 11) is 0. The Morgan fingerprint density at radius 2 is 1.82 bits per heavy atom. The van der Waals surface area contributed by atoms with Crippen LogP contribution in [0.4, 0.5) is 0 Å². The van der Waals surface area contributed by atoms with Crippen LogP contribution < -0.4 is 5.32 Å². The van der Waals surface area contributed by atoms with Gasteiger partial charge in [0, 0.05) is 21.7 Å². The second-order valence-corrected chi connectivity index (χ2v) is 5.87. The topological polar surface area (TPSA) is 194 Å². The molecule has 0 aromatic heterocycles. The number of rotatable bonds is 8. The van der Waals surface area contributed by atoms with Gasteiger partial charge in [-0.3, -0.25) is 4.79 Å². The summed E-state index contributed by atoms with van der Waals surface area (Å²) in [6.07, 6.45) is -1.92. The summed E-state index contributed by atoms with van der Waals surface area (Å²) in [5, 5.41) is 13.4. The molecule has 2 rings (SSSR count). The largest absolute Gasteiger partial charge is 0.348 e. The van der Waals surface area contributed by atoms with Gasteiger partial charge in [0.15, 0.2) is 6.29 Å². The summed E-state index contributed by atoms with van der Waals surface area (Å²) >= 11 is 0. The van der Waals surface area contributed by atoms with E-state index in [-0.39, 0.29) is 13.2 Å². The maximum absolute atomic E-state index is 11.7. The van der Waals surface area contributed by atoms with Crippen molar-refractivity contribution in [3.63, 3.8) is 0 Å². The Bertz CT molecular complexity index is 815. The van der Waals surface area contributed by atoms with Gasteiger partial charge in [-0.2, -0.15) is 0 Å². The fourth-order valence-electron chi connectivity index (χ4n) is 2.88. The van der Waals surface area contributed by atoms with Crippen molar-refractivity contribution in [1.29, 1.82) is 0 Å². The predicted octanol–water partition coefficient (Wildman–Crippen LogP) is 3.10. The molecule has 1 amide bonds. The lowest BCUT2D eigenvalue weighted by Crippen LogP contribution is -2.63. The molecule has 0 spiro atoms. The van der Waals surface area contributed by atoms with Crippen LogP contribution >= 0.6 is 0 Å². The molecule has 0 aliphatic carbocycles. The SMILES string of the molecule is CC(=O)N[C@H]1[C@@H](OCc2ccccc2)O[C@@H](CN=[N+]=[N-])[C@@H](N=[N+]=[N-])[C@H]1N=[N+]=[N-]. The zero-order chi connectivity index (χ0) is 20.4. The fraction of sp³-hybridized carbons (Fsp3) is 0.533. The van der Waals surface area contributed by atoms with E-state index in [0.717, 1.165) is 5.56 Å². The molecule has 13 heteroatoms. The number of nitrogens with zero attached hydrogens (tertiary/aromatic N) is 9. The monoisotopic (exact) mass is 386 g/mol. The number of nitrogens with one attached hydrogen (secondary N) is 1. The zero-order valence-electron chi connectivity index (χ0n) is 14.9. The quantitative estimate of drug-likeness (QED) is 0.408. The Morgan fingerprint density at radius 3 is 2.43 bits per heavy atom. The molecule has 146 valence electrons. The molecule has 0 unspecified atom stereocenters. The molecule has 1 heterocycles. The minimum Gasteiger partial charge on any atom is -0.348 e. The fourth-order valence-corrected chi connectivity index (χ4v) is 2.88. The van der Waals surface area contributed by atoms with Crippen LogP contribution in [-0.4, -0.2) is 43.0 Å². The van der Waals surface area contributed by atoms with E-state index in [1.54, 1.807) is 0 Å². The van der Waals surface area contributed by atoms with Crippen LogP contribution in [0.15, 0.2) is 45.7 Å². The summed E-state index contributed by atoms with van der Waals surface area (Å²) in [5.41, 5.74) is 27.3. The number of benzene rings is 1. The first-order chi connectivity index (χ1) is 13.6. The third-order valence-electron chi connectivity index (χ3n) is 4.02. The van der Waals surface area contributed by atoms with Crippen LogP contribution in [-0.2, 0) is 20.9 Å². The van der Waals surface area contributed by atoms with E-state index >= 15 is 0 Å². The van der Waals surface area contributed by atoms with Gasteiger partial charge >= 0.3 is 0 Å². The third-order valence-corrected chi connectivity index (χ3v) is 4.02. The van der Waals surface area contributed by atoms with Gasteiger partial charge in [-0.05, 0) is 22.2 Å². The molecule has 1 aliphatic heterocycles. The molecular formula is C15H18N10O3. The lowest BCUT2D eigenvalue weighted by Gasteiger charge is -2.43. The smallest absolute Gasteiger partial charge is 0.217 e. The first-order valence-electron chi connectivity index (χ1n) is 8.28. The van der Waals surface area contributed by atoms with Gasteiger partial charge in [0.2, 0.25) is 5.91 Å². The average molecular weight is 386 g/mol. The molecule has 1 saturated heterocycles. The molecule has 0 bridgehead atoms. The number of azide groups is 3. The lowest BCUT2D eigenvalue weighted by atomic mass is 9.92. The molecule has 5 atom stereocenters. The van der Waals surface area contributed by atoms with Crippen LogP contribution in [0.2, 0.25) is 0 Å². The molecule has 1 fully saturated rings. The number of hydrogen-bond donors (Lipinski definition) is 1. The molecule has 28 heavy (non-hydrogen) atoms. The normalized spacial score (nSPS) is 26.1. The van der Waals surface area contributed by atoms with Crippen molar-refractivity contribution in [1.82, 2.24) is 5.32 Å². The van der Waals surface area contributed by atoms with Crippen LogP contribution in [0, 0.1) is 0 Å². The van der Waals surface area contributed by atoms with Crippen molar-refractivity contribution in [2.45, 2.75) is 44.1 Å². The molecule has 1 aromatic rings. The van der Waals surface area contributed by atoms with Gasteiger partial charge in [-0.1, -0.05) is 45.7 Å². The molecule has 1 aromatic carbocycles. The zero-order valence-corrected chi connectivity index (χ0v) is 14.9. The van der Waals surface area contributed by atoms with Crippen LogP contribution in [0.5, 0.6) is 0 Å². The molecule has 13 nitrogen and oxygen atoms in total. The van der Waals surface area contributed by atoms with Gasteiger partial charge in [0.25, 0.3) is 0 Å². The Balaban J connectivity index is 2.34. The summed E-state index contributed by atoms with van der Waals surface area (Å²) in [6.45, 7) is 1.27. The Hall–Kier alpha value is -3.46. The second-order valence-electron chi connectivity index (χ2n) is 5.87. The van der Waals surface area contributed by atoms with E-state index in [2.05, 4.69) is 35.4 Å². The summed E-state index contributed by atoms with van der Waals surface area (Å²) in [6, 6.07) is 6.34. The molecule has 1 aliphatic rings. The van der Waals surface area contributed by atoms with Gasteiger partial charge in [0.05, 0.1) is 37.4 Å². The summed E-state index contributed by atoms with van der Waals surface area (Å²) in [5.74, 6) is -0.409. The Labute approximate surface area is 159 Å². The van der Waals surface area contributed by atoms with Gasteiger partial charge in [-0.25, -0.2) is 0 Å². The van der Waals surface area contributed by atoms with E-state index < -0.39 is 36.4 Å². The van der Waals surface area contributed by atoms with Crippen molar-refractivity contribution in [2.75, 3.05) is 6.54 Å². The van der Waals surface area contributed by atoms with Crippen molar-refractivity contribution < 1.29 is 14.3 Å². The number of carbonyl (C=O) groups is 1. The van der Waals surface area contributed by atoms with Crippen molar-refractivity contribution in [3.8, 4) is 0 Å². The molecule has 1 N–H and O–H groups in total. The lowest BCUT2D eigenvalue weighted by molar-refractivity contribution is -0.219. The molecule has 0 radical (unpaired) electrons. The first kappa shape index (κ1) is 20.8. The van der Waals surface area contributed by atoms with Crippen molar-refractivity contribution in [2.24, 2.45) is 15.3 Å². The molecule has 0 saturated carbocycles. The standard InChI is InChI=1S/C15H18N10O3/c1-9(26)20-14-13(22-25-18)12(21-24-17)11(7-19-23-16)28-15(14)27-8-10-5-3-2-4-6-10/h2-6,11-15H,7-8H2,1H3,(H,20,26)/t11-,12+,13+,14+,15-/m0/s1. The minimum absolute atomic E-state index is 0.158. The first-order valence-corrected chi connectivity index (χ1v) is 8.28. The van der Waals surface area contributed by atoms with Gasteiger partial charge in [-0.15, -0.1) is 0 Å². The number of amides is 1. The van der Waals surface area contributed by atoms with E-state index in [9.17, 15) is 4.79 Å². The maximum Gasteiger partial charge on any atom is 0.217 e. The highest BCUT2D eigenvalue weighted by atomic mass is 16.7. The van der Waals surface area contributed by atoms with Gasteiger partial charge in [0.1, 0.15) is 0 Å². The van der Waals surface area contributed by atoms with Crippen molar-refractivity contribution >= 4 is 5.91 Å². The highest BCUT2D eigenvalue weighted by molar-refractivity contribution is 5.73. The Morgan fingerprint density at radius 1 is 1.14 bits per heavy atom. The summed E-state index contributed by atoms with van der Waals surface area (Å²) in [4.78, 5) is 19.9. The van der Waals surface area contributed by atoms with Crippen LogP contribution in [0.3, 0.4) is 0 Å². The average Bonchev–Trinajstić information content (AvgIpc) is 2.69. The maximum atomic E-state index is 11.7. The van der Waals surface area contributed by atoms with E-state index in [0.29, 0.717) is 0 Å². The predicted molar refractivity (Wildman–Crippen MR) is 97.4 cm³/mol. The van der Waals surface area contributed by atoms with Crippen LogP contribution in [0.1, 0.15) is 12.5 Å². The third kappa shape index (κ3) is 5.52. The number of ether oxygens (including phenoxy) is 2. The minimum atomic E-state index is -1.02. The van der Waals surface area contributed by atoms with Gasteiger partial charge < -0.3 is 14.8 Å². The highest BCUT2D eigenvalue weighted by Gasteiger charge is 2.46. The summed E-state index contributed by atoms with van der Waals surface area (Å²) < 4.78 is 11.6. The molecular weight excluding hydrogens is 368 g/mol. The second kappa shape index (κ2) is 10.6. The van der Waals surface area contributed by atoms with E-state index in [1.165, 1.54) is 6.92 Å². The Kier molecular flexibility index (Phi) is 7.92. The number of carbonyl (C=O) groups excluding carboxylic acids is 1. The van der Waals surface area contributed by atoms with E-state index in [4.69, 9.17) is 26.1 Å².